The number of fused-ring (bicyclic) bond motifs is 1. The van der Waals surface area contributed by atoms with Gasteiger partial charge in [-0.3, -0.25) is 18.9 Å². The van der Waals surface area contributed by atoms with E-state index in [4.69, 9.17) is 0 Å². The smallest absolute Gasteiger partial charge is 0.298 e. The van der Waals surface area contributed by atoms with Crippen molar-refractivity contribution in [2.24, 2.45) is 12.1 Å². The van der Waals surface area contributed by atoms with E-state index in [-0.39, 0.29) is 0 Å². The van der Waals surface area contributed by atoms with E-state index in [9.17, 15) is 9.59 Å². The molecule has 0 unspecified atom stereocenters. The molecule has 0 fully saturated rings. The highest BCUT2D eigenvalue weighted by molar-refractivity contribution is 5.80. The van der Waals surface area contributed by atoms with Gasteiger partial charge in [-0.2, -0.15) is 10.1 Å². The molecule has 0 atom stereocenters. The summed E-state index contributed by atoms with van der Waals surface area (Å²) in [6.45, 7) is 4.44. The maximum Gasteiger partial charge on any atom is 0.329 e. The van der Waals surface area contributed by atoms with E-state index < -0.39 is 11.2 Å². The fraction of sp³-hybridized carbons (Fsp3) is 0.182. The minimum Gasteiger partial charge on any atom is -0.298 e. The number of aromatic nitrogens is 4. The van der Waals surface area contributed by atoms with Gasteiger partial charge in [0.25, 0.3) is 5.56 Å². The van der Waals surface area contributed by atoms with E-state index in [2.05, 4.69) is 20.5 Å². The molecular formula is C22H22N6O2. The van der Waals surface area contributed by atoms with E-state index >= 15 is 0 Å². The van der Waals surface area contributed by atoms with Crippen LogP contribution in [0.2, 0.25) is 0 Å². The van der Waals surface area contributed by atoms with Crippen molar-refractivity contribution in [1.29, 1.82) is 0 Å². The van der Waals surface area contributed by atoms with Crippen molar-refractivity contribution in [2.45, 2.75) is 20.4 Å². The summed E-state index contributed by atoms with van der Waals surface area (Å²) in [5, 5.41) is 4.28. The second-order valence-electron chi connectivity index (χ2n) is 7.28. The maximum absolute atomic E-state index is 12.6. The molecule has 0 spiro atoms. The van der Waals surface area contributed by atoms with Crippen molar-refractivity contribution >= 4 is 23.3 Å². The van der Waals surface area contributed by atoms with Gasteiger partial charge in [0.05, 0.1) is 12.8 Å². The van der Waals surface area contributed by atoms with E-state index in [0.29, 0.717) is 23.7 Å². The first-order chi connectivity index (χ1) is 14.4. The van der Waals surface area contributed by atoms with Gasteiger partial charge in [-0.05, 0) is 25.0 Å². The molecule has 0 saturated carbocycles. The summed E-state index contributed by atoms with van der Waals surface area (Å²) in [6, 6.07) is 15.9. The Morgan fingerprint density at radius 1 is 1.03 bits per heavy atom. The van der Waals surface area contributed by atoms with Crippen LogP contribution in [0.1, 0.15) is 22.3 Å². The van der Waals surface area contributed by atoms with E-state index in [1.165, 1.54) is 10.1 Å². The molecule has 0 aliphatic heterocycles. The van der Waals surface area contributed by atoms with Gasteiger partial charge in [-0.1, -0.05) is 59.7 Å². The SMILES string of the molecule is Cc1ccc(/C=N/Nc2nc3c(c(=O)[nH]c(=O)n3C)n2Cc2ccc(C)cc2)cc1. The van der Waals surface area contributed by atoms with Crippen LogP contribution >= 0.6 is 0 Å². The molecule has 0 radical (unpaired) electrons. The lowest BCUT2D eigenvalue weighted by Crippen LogP contribution is -2.29. The first-order valence-electron chi connectivity index (χ1n) is 9.53. The highest BCUT2D eigenvalue weighted by Gasteiger charge is 2.17. The van der Waals surface area contributed by atoms with Crippen molar-refractivity contribution in [3.05, 3.63) is 91.6 Å². The van der Waals surface area contributed by atoms with Gasteiger partial charge in [0.2, 0.25) is 5.95 Å². The molecular weight excluding hydrogens is 380 g/mol. The number of aromatic amines is 1. The lowest BCUT2D eigenvalue weighted by atomic mass is 10.1. The number of nitrogens with one attached hydrogen (secondary N) is 2. The van der Waals surface area contributed by atoms with Gasteiger partial charge in [0.1, 0.15) is 0 Å². The van der Waals surface area contributed by atoms with Crippen LogP contribution in [0.15, 0.2) is 63.2 Å². The quantitative estimate of drug-likeness (QED) is 0.396. The normalized spacial score (nSPS) is 11.4. The Balaban J connectivity index is 1.77. The molecule has 4 aromatic rings. The van der Waals surface area contributed by atoms with Crippen molar-refractivity contribution in [3.63, 3.8) is 0 Å². The fourth-order valence-electron chi connectivity index (χ4n) is 3.17. The second kappa shape index (κ2) is 7.82. The van der Waals surface area contributed by atoms with Gasteiger partial charge in [-0.25, -0.2) is 10.2 Å². The summed E-state index contributed by atoms with van der Waals surface area (Å²) in [6.07, 6.45) is 1.68. The monoisotopic (exact) mass is 402 g/mol. The van der Waals surface area contributed by atoms with Gasteiger partial charge >= 0.3 is 5.69 Å². The Morgan fingerprint density at radius 2 is 1.67 bits per heavy atom. The van der Waals surface area contributed by atoms with Gasteiger partial charge in [0, 0.05) is 7.05 Å². The first kappa shape index (κ1) is 19.4. The molecule has 8 nitrogen and oxygen atoms in total. The highest BCUT2D eigenvalue weighted by atomic mass is 16.2. The Bertz CT molecular complexity index is 1340. The van der Waals surface area contributed by atoms with Crippen LogP contribution in [-0.2, 0) is 13.6 Å². The topological polar surface area (TPSA) is 97.1 Å². The third-order valence-electron chi connectivity index (χ3n) is 4.92. The van der Waals surface area contributed by atoms with Crippen LogP contribution < -0.4 is 16.7 Å². The Morgan fingerprint density at radius 3 is 2.33 bits per heavy atom. The van der Waals surface area contributed by atoms with E-state index in [1.54, 1.807) is 17.8 Å². The number of rotatable bonds is 5. The Kier molecular flexibility index (Phi) is 5.05. The predicted molar refractivity (Wildman–Crippen MR) is 118 cm³/mol. The largest absolute Gasteiger partial charge is 0.329 e. The van der Waals surface area contributed by atoms with E-state index in [1.807, 2.05) is 62.4 Å². The minimum absolute atomic E-state index is 0.295. The number of nitrogens with zero attached hydrogens (tertiary/aromatic N) is 4. The molecule has 30 heavy (non-hydrogen) atoms. The average molecular weight is 402 g/mol. The molecule has 0 amide bonds. The zero-order valence-electron chi connectivity index (χ0n) is 17.0. The lowest BCUT2D eigenvalue weighted by molar-refractivity contribution is 0.808. The van der Waals surface area contributed by atoms with Crippen LogP contribution in [0.4, 0.5) is 5.95 Å². The number of anilines is 1. The van der Waals surface area contributed by atoms with Crippen LogP contribution in [0, 0.1) is 13.8 Å². The van der Waals surface area contributed by atoms with Crippen LogP contribution in [0.3, 0.4) is 0 Å². The number of imidazole rings is 1. The third-order valence-corrected chi connectivity index (χ3v) is 4.92. The molecule has 0 aliphatic carbocycles. The second-order valence-corrected chi connectivity index (χ2v) is 7.28. The molecule has 0 aliphatic rings. The lowest BCUT2D eigenvalue weighted by Gasteiger charge is -2.08. The van der Waals surface area contributed by atoms with Gasteiger partial charge in [-0.15, -0.1) is 0 Å². The maximum atomic E-state index is 12.6. The van der Waals surface area contributed by atoms with Crippen LogP contribution in [0.5, 0.6) is 0 Å². The summed E-state index contributed by atoms with van der Waals surface area (Å²) >= 11 is 0. The average Bonchev–Trinajstić information content (AvgIpc) is 3.08. The van der Waals surface area contributed by atoms with E-state index in [0.717, 1.165) is 16.7 Å². The highest BCUT2D eigenvalue weighted by Crippen LogP contribution is 2.18. The third kappa shape index (κ3) is 3.80. The number of hydrogen-bond acceptors (Lipinski definition) is 5. The molecule has 2 aromatic heterocycles. The zero-order chi connectivity index (χ0) is 21.3. The molecule has 0 saturated heterocycles. The molecule has 8 heteroatoms. The molecule has 2 heterocycles. The van der Waals surface area contributed by atoms with Crippen molar-refractivity contribution in [2.75, 3.05) is 5.43 Å². The van der Waals surface area contributed by atoms with Gasteiger partial charge < -0.3 is 0 Å². The predicted octanol–water partition coefficient (Wildman–Crippen LogP) is 2.53. The Labute approximate surface area is 172 Å². The number of aryl methyl sites for hydroxylation is 3. The summed E-state index contributed by atoms with van der Waals surface area (Å²) in [5.74, 6) is 0.376. The minimum atomic E-state index is -0.512. The number of benzene rings is 2. The number of H-pyrrole nitrogens is 1. The fourth-order valence-corrected chi connectivity index (χ4v) is 3.17. The number of hydrazone groups is 1. The molecule has 152 valence electrons. The molecule has 2 aromatic carbocycles. The first-order valence-corrected chi connectivity index (χ1v) is 9.53. The number of hydrogen-bond donors (Lipinski definition) is 2. The van der Waals surface area contributed by atoms with Crippen molar-refractivity contribution < 1.29 is 0 Å². The van der Waals surface area contributed by atoms with Crippen molar-refractivity contribution in [1.82, 2.24) is 19.1 Å². The summed E-state index contributed by atoms with van der Waals surface area (Å²) < 4.78 is 3.04. The van der Waals surface area contributed by atoms with Crippen molar-refractivity contribution in [3.8, 4) is 0 Å². The summed E-state index contributed by atoms with van der Waals surface area (Å²) in [7, 11) is 1.57. The molecule has 2 N–H and O–H groups in total. The standard InChI is InChI=1S/C22H22N6O2/c1-14-4-8-16(9-5-14)12-23-26-21-24-19-18(20(29)25-22(30)27(19)3)28(21)13-17-10-6-15(2)7-11-17/h4-12H,13H2,1-3H3,(H,24,26)(H,25,29,30)/b23-12+. The van der Waals surface area contributed by atoms with Crippen LogP contribution in [0.25, 0.3) is 11.2 Å². The summed E-state index contributed by atoms with van der Waals surface area (Å²) in [5.41, 5.74) is 6.78. The summed E-state index contributed by atoms with van der Waals surface area (Å²) in [4.78, 5) is 31.4. The van der Waals surface area contributed by atoms with Crippen LogP contribution in [-0.4, -0.2) is 25.3 Å². The zero-order valence-corrected chi connectivity index (χ0v) is 17.0. The Hall–Kier alpha value is -3.94. The van der Waals surface area contributed by atoms with Gasteiger partial charge in [0.15, 0.2) is 11.2 Å². The molecule has 0 bridgehead atoms. The molecule has 4 rings (SSSR count).